The van der Waals surface area contributed by atoms with Gasteiger partial charge in [-0.3, -0.25) is 0 Å². The normalized spacial score (nSPS) is 35.9. The van der Waals surface area contributed by atoms with Gasteiger partial charge in [0.1, 0.15) is 0 Å². The fourth-order valence-electron chi connectivity index (χ4n) is 5.82. The first kappa shape index (κ1) is 26.5. The van der Waals surface area contributed by atoms with Gasteiger partial charge in [0.2, 0.25) is 0 Å². The second-order valence-electron chi connectivity index (χ2n) is 10.4. The van der Waals surface area contributed by atoms with E-state index in [2.05, 4.69) is 27.7 Å². The predicted octanol–water partition coefficient (Wildman–Crippen LogP) is 8.85. The Labute approximate surface area is 198 Å². The molecule has 3 aliphatic rings. The molecular formula is C24H44Cl2N2Ti-2. The van der Waals surface area contributed by atoms with Gasteiger partial charge in [-0.2, -0.15) is 12.1 Å². The molecule has 0 saturated heterocycles. The van der Waals surface area contributed by atoms with Gasteiger partial charge in [-0.1, -0.05) is 105 Å². The fraction of sp³-hybridized carbons (Fsp3) is 1.00. The first-order valence-corrected chi connectivity index (χ1v) is 16.6. The van der Waals surface area contributed by atoms with E-state index in [9.17, 15) is 0 Å². The molecule has 0 aromatic heterocycles. The van der Waals surface area contributed by atoms with Gasteiger partial charge in [0.05, 0.1) is 0 Å². The van der Waals surface area contributed by atoms with Crippen molar-refractivity contribution in [2.24, 2.45) is 23.7 Å². The zero-order valence-electron chi connectivity index (χ0n) is 19.3. The van der Waals surface area contributed by atoms with Crippen molar-refractivity contribution in [2.75, 3.05) is 0 Å². The van der Waals surface area contributed by atoms with Gasteiger partial charge in [-0.15, -0.1) is 12.1 Å². The van der Waals surface area contributed by atoms with Crippen molar-refractivity contribution in [1.82, 2.24) is 0 Å². The van der Waals surface area contributed by atoms with Gasteiger partial charge in [0.25, 0.3) is 0 Å². The summed E-state index contributed by atoms with van der Waals surface area (Å²) in [5, 5.41) is 10.8. The molecule has 5 heteroatoms. The Kier molecular flexibility index (Phi) is 13.1. The van der Waals surface area contributed by atoms with Crippen molar-refractivity contribution in [1.29, 1.82) is 0 Å². The average molecular weight is 479 g/mol. The van der Waals surface area contributed by atoms with Crippen LogP contribution < -0.4 is 0 Å². The van der Waals surface area contributed by atoms with E-state index in [4.69, 9.17) is 29.2 Å². The Morgan fingerprint density at radius 1 is 0.586 bits per heavy atom. The minimum atomic E-state index is -0.556. The molecule has 0 heterocycles. The van der Waals surface area contributed by atoms with E-state index in [1.54, 1.807) is 0 Å². The molecule has 170 valence electrons. The van der Waals surface area contributed by atoms with Gasteiger partial charge in [0.15, 0.2) is 0 Å². The zero-order chi connectivity index (χ0) is 21.2. The van der Waals surface area contributed by atoms with Crippen molar-refractivity contribution >= 4 is 18.6 Å². The van der Waals surface area contributed by atoms with Crippen LogP contribution in [0.1, 0.15) is 105 Å². The van der Waals surface area contributed by atoms with E-state index < -0.39 is 17.0 Å². The molecule has 0 N–H and O–H groups in total. The number of halogens is 2. The van der Waals surface area contributed by atoms with Crippen LogP contribution in [0.15, 0.2) is 0 Å². The van der Waals surface area contributed by atoms with Crippen LogP contribution in [0.5, 0.6) is 0 Å². The van der Waals surface area contributed by atoms with Crippen molar-refractivity contribution in [3.63, 3.8) is 0 Å². The number of nitrogens with zero attached hydrogens (tertiary/aromatic N) is 2. The fourth-order valence-corrected chi connectivity index (χ4v) is 5.82. The second-order valence-corrected chi connectivity index (χ2v) is 13.0. The van der Waals surface area contributed by atoms with Crippen LogP contribution in [0, 0.1) is 23.7 Å². The third kappa shape index (κ3) is 9.31. The molecule has 3 rings (SSSR count). The first-order valence-electron chi connectivity index (χ1n) is 12.3. The van der Waals surface area contributed by atoms with Crippen LogP contribution in [0.2, 0.25) is 0 Å². The molecule has 0 amide bonds. The van der Waals surface area contributed by atoms with E-state index in [1.807, 2.05) is 0 Å². The Hall–Kier alpha value is 1.21. The van der Waals surface area contributed by atoms with Crippen LogP contribution in [-0.4, -0.2) is 24.2 Å². The minimum absolute atomic E-state index is 0.548. The molecule has 0 aromatic rings. The molecule has 2 atom stereocenters. The predicted molar refractivity (Wildman–Crippen MR) is 126 cm³/mol. The Morgan fingerprint density at radius 2 is 0.897 bits per heavy atom. The molecule has 2 unspecified atom stereocenters. The van der Waals surface area contributed by atoms with Gasteiger partial charge in [-0.05, 0) is 23.7 Å². The van der Waals surface area contributed by atoms with E-state index >= 15 is 0 Å². The summed E-state index contributed by atoms with van der Waals surface area (Å²) in [6.45, 7) is 9.58. The van der Waals surface area contributed by atoms with E-state index in [1.165, 1.54) is 77.0 Å². The molecule has 0 spiro atoms. The monoisotopic (exact) mass is 478 g/mol. The van der Waals surface area contributed by atoms with Crippen molar-refractivity contribution < 1.29 is 17.0 Å². The molecule has 0 radical (unpaired) electrons. The van der Waals surface area contributed by atoms with E-state index in [0.29, 0.717) is 24.2 Å². The van der Waals surface area contributed by atoms with E-state index in [0.717, 1.165) is 23.7 Å². The summed E-state index contributed by atoms with van der Waals surface area (Å²) in [6.07, 6.45) is 16.3. The maximum absolute atomic E-state index is 5.39. The van der Waals surface area contributed by atoms with Crippen LogP contribution in [-0.2, 0) is 17.0 Å². The summed E-state index contributed by atoms with van der Waals surface area (Å²) in [6, 6.07) is 2.38. The second kappa shape index (κ2) is 14.4. The van der Waals surface area contributed by atoms with Gasteiger partial charge < -0.3 is 10.6 Å². The quantitative estimate of drug-likeness (QED) is 0.341. The van der Waals surface area contributed by atoms with Crippen molar-refractivity contribution in [2.45, 2.75) is 129 Å². The standard InChI is InChI=1S/C24H44N2.2ClH.Ti/c1-17(2)19-9-13-21(14-10-19)25-23-7-5-6-8-24(23)26-22-15-11-20(12-16-22)18(3)4;;;/h17-24H,5-16H2,1-4H3;2*1H;/q-2;;;+2/p-2. The molecule has 0 bridgehead atoms. The molecule has 0 aromatic carbocycles. The number of hydrogen-bond acceptors (Lipinski definition) is 0. The van der Waals surface area contributed by atoms with Crippen LogP contribution in [0.25, 0.3) is 10.6 Å². The third-order valence-electron chi connectivity index (χ3n) is 7.87. The topological polar surface area (TPSA) is 28.2 Å². The average Bonchev–Trinajstić information content (AvgIpc) is 2.71. The third-order valence-corrected chi connectivity index (χ3v) is 7.87. The molecule has 29 heavy (non-hydrogen) atoms. The molecule has 0 aliphatic heterocycles. The molecule has 2 nitrogen and oxygen atoms in total. The summed E-state index contributed by atoms with van der Waals surface area (Å²) >= 11 is -0.556. The zero-order valence-corrected chi connectivity index (χ0v) is 22.3. The molecule has 3 saturated carbocycles. The number of hydrogen-bond donors (Lipinski definition) is 0. The van der Waals surface area contributed by atoms with E-state index in [-0.39, 0.29) is 0 Å². The Bertz CT molecular complexity index is 381. The summed E-state index contributed by atoms with van der Waals surface area (Å²) in [4.78, 5) is 0. The first-order chi connectivity index (χ1) is 13.9. The van der Waals surface area contributed by atoms with Crippen LogP contribution in [0.4, 0.5) is 0 Å². The summed E-state index contributed by atoms with van der Waals surface area (Å²) in [5.74, 6) is 3.61. The number of rotatable bonds is 6. The van der Waals surface area contributed by atoms with Crippen molar-refractivity contribution in [3.8, 4) is 0 Å². The van der Waals surface area contributed by atoms with Gasteiger partial charge in [0, 0.05) is 0 Å². The molecular weight excluding hydrogens is 435 g/mol. The van der Waals surface area contributed by atoms with Crippen LogP contribution >= 0.6 is 18.6 Å². The Balaban J connectivity index is 0.000000941. The summed E-state index contributed by atoms with van der Waals surface area (Å²) < 4.78 is 0. The van der Waals surface area contributed by atoms with Gasteiger partial charge >= 0.3 is 35.6 Å². The molecule has 3 aliphatic carbocycles. The maximum atomic E-state index is 5.39. The van der Waals surface area contributed by atoms with Crippen molar-refractivity contribution in [3.05, 3.63) is 10.6 Å². The SMILES string of the molecule is CC(C)C1CCC([N-]C2CCCCC2[N-]C2CCC(C(C)C)CC2)CC1.[Cl][Ti][Cl]. The van der Waals surface area contributed by atoms with Gasteiger partial charge in [-0.25, -0.2) is 0 Å². The summed E-state index contributed by atoms with van der Waals surface area (Å²) in [7, 11) is 9.78. The van der Waals surface area contributed by atoms with Crippen LogP contribution in [0.3, 0.4) is 0 Å². The molecule has 3 fully saturated rings. The summed E-state index contributed by atoms with van der Waals surface area (Å²) in [5.41, 5.74) is 0. The Morgan fingerprint density at radius 3 is 1.17 bits per heavy atom.